The summed E-state index contributed by atoms with van der Waals surface area (Å²) in [7, 11) is 5.39. The molecule has 13 heavy (non-hydrogen) atoms. The Morgan fingerprint density at radius 3 is 2.62 bits per heavy atom. The van der Waals surface area contributed by atoms with E-state index in [0.717, 1.165) is 11.4 Å². The Hall–Kier alpha value is -1.36. The fourth-order valence-corrected chi connectivity index (χ4v) is 0.964. The van der Waals surface area contributed by atoms with Crippen molar-refractivity contribution in [3.63, 3.8) is 0 Å². The maximum atomic E-state index is 5.06. The number of nitrogens with one attached hydrogen (secondary N) is 1. The van der Waals surface area contributed by atoms with Crippen molar-refractivity contribution in [3.8, 4) is 5.88 Å². The topological polar surface area (TPSA) is 50.3 Å². The molecule has 0 atom stereocenters. The minimum Gasteiger partial charge on any atom is -0.481 e. The molecule has 1 rings (SSSR count). The summed E-state index contributed by atoms with van der Waals surface area (Å²) in [5, 5.41) is 1.81. The van der Waals surface area contributed by atoms with Gasteiger partial charge in [-0.2, -0.15) is 0 Å². The largest absolute Gasteiger partial charge is 0.481 e. The number of ether oxygens (including phenoxy) is 1. The standard InChI is InChI=1S/C8H14N4O/c1-6-7(11-12(2)3)9-5-10-8(6)13-4/h5H,1-4H3,(H,9,10,11). The zero-order chi connectivity index (χ0) is 9.84. The van der Waals surface area contributed by atoms with Gasteiger partial charge in [-0.3, -0.25) is 0 Å². The fourth-order valence-electron chi connectivity index (χ4n) is 0.964. The number of anilines is 1. The molecule has 1 N–H and O–H groups in total. The van der Waals surface area contributed by atoms with Gasteiger partial charge in [-0.15, -0.1) is 0 Å². The molecule has 0 spiro atoms. The van der Waals surface area contributed by atoms with Gasteiger partial charge in [0, 0.05) is 14.1 Å². The normalized spacial score (nSPS) is 10.2. The Kier molecular flexibility index (Phi) is 3.02. The minimum atomic E-state index is 0.597. The fraction of sp³-hybridized carbons (Fsp3) is 0.500. The van der Waals surface area contributed by atoms with Gasteiger partial charge >= 0.3 is 0 Å². The number of hydrazine groups is 1. The summed E-state index contributed by atoms with van der Waals surface area (Å²) in [6, 6.07) is 0. The molecule has 1 aromatic heterocycles. The average molecular weight is 182 g/mol. The van der Waals surface area contributed by atoms with Crippen molar-refractivity contribution in [2.75, 3.05) is 26.6 Å². The first-order valence-electron chi connectivity index (χ1n) is 3.94. The second-order valence-electron chi connectivity index (χ2n) is 2.86. The number of rotatable bonds is 3. The third-order valence-corrected chi connectivity index (χ3v) is 1.56. The lowest BCUT2D eigenvalue weighted by Crippen LogP contribution is -2.21. The lowest BCUT2D eigenvalue weighted by atomic mass is 10.3. The van der Waals surface area contributed by atoms with Crippen molar-refractivity contribution in [2.24, 2.45) is 0 Å². The van der Waals surface area contributed by atoms with E-state index in [-0.39, 0.29) is 0 Å². The first-order chi connectivity index (χ1) is 6.15. The highest BCUT2D eigenvalue weighted by Gasteiger charge is 2.06. The molecule has 0 unspecified atom stereocenters. The zero-order valence-electron chi connectivity index (χ0n) is 8.33. The monoisotopic (exact) mass is 182 g/mol. The first-order valence-corrected chi connectivity index (χ1v) is 3.94. The number of aromatic nitrogens is 2. The van der Waals surface area contributed by atoms with E-state index < -0.39 is 0 Å². The third kappa shape index (κ3) is 2.29. The van der Waals surface area contributed by atoms with Crippen LogP contribution in [0.4, 0.5) is 5.82 Å². The number of hydrogen-bond donors (Lipinski definition) is 1. The average Bonchev–Trinajstić information content (AvgIpc) is 2.08. The highest BCUT2D eigenvalue weighted by Crippen LogP contribution is 2.19. The van der Waals surface area contributed by atoms with Gasteiger partial charge in [-0.05, 0) is 6.92 Å². The van der Waals surface area contributed by atoms with Crippen LogP contribution in [-0.4, -0.2) is 36.2 Å². The van der Waals surface area contributed by atoms with Gasteiger partial charge in [0.15, 0.2) is 5.82 Å². The third-order valence-electron chi connectivity index (χ3n) is 1.56. The highest BCUT2D eigenvalue weighted by molar-refractivity contribution is 5.46. The molecule has 0 aliphatic carbocycles. The Labute approximate surface area is 77.7 Å². The van der Waals surface area contributed by atoms with E-state index >= 15 is 0 Å². The molecule has 1 aromatic rings. The van der Waals surface area contributed by atoms with Gasteiger partial charge in [0.2, 0.25) is 5.88 Å². The molecule has 0 fully saturated rings. The molecule has 0 aliphatic heterocycles. The Morgan fingerprint density at radius 2 is 2.08 bits per heavy atom. The van der Waals surface area contributed by atoms with E-state index in [2.05, 4.69) is 15.4 Å². The van der Waals surface area contributed by atoms with E-state index in [0.29, 0.717) is 5.88 Å². The molecular formula is C8H14N4O. The summed E-state index contributed by atoms with van der Waals surface area (Å²) < 4.78 is 5.06. The Morgan fingerprint density at radius 1 is 1.38 bits per heavy atom. The Bertz CT molecular complexity index is 287. The van der Waals surface area contributed by atoms with Gasteiger partial charge in [0.1, 0.15) is 6.33 Å². The van der Waals surface area contributed by atoms with Crippen LogP contribution in [0.1, 0.15) is 5.56 Å². The highest BCUT2D eigenvalue weighted by atomic mass is 16.5. The van der Waals surface area contributed by atoms with Crippen LogP contribution in [0.3, 0.4) is 0 Å². The van der Waals surface area contributed by atoms with E-state index in [9.17, 15) is 0 Å². The van der Waals surface area contributed by atoms with Gasteiger partial charge in [0.25, 0.3) is 0 Å². The van der Waals surface area contributed by atoms with Crippen molar-refractivity contribution in [2.45, 2.75) is 6.92 Å². The van der Waals surface area contributed by atoms with E-state index in [1.165, 1.54) is 6.33 Å². The maximum Gasteiger partial charge on any atom is 0.221 e. The maximum absolute atomic E-state index is 5.06. The van der Waals surface area contributed by atoms with Crippen LogP contribution < -0.4 is 10.2 Å². The van der Waals surface area contributed by atoms with E-state index in [4.69, 9.17) is 4.74 Å². The molecule has 5 nitrogen and oxygen atoms in total. The smallest absolute Gasteiger partial charge is 0.221 e. The molecule has 0 aliphatic rings. The predicted molar refractivity (Wildman–Crippen MR) is 50.6 cm³/mol. The molecular weight excluding hydrogens is 168 g/mol. The summed E-state index contributed by atoms with van der Waals surface area (Å²) in [6.45, 7) is 1.91. The molecule has 0 saturated heterocycles. The van der Waals surface area contributed by atoms with Crippen LogP contribution >= 0.6 is 0 Å². The zero-order valence-corrected chi connectivity index (χ0v) is 8.33. The van der Waals surface area contributed by atoms with Gasteiger partial charge in [-0.1, -0.05) is 0 Å². The molecule has 0 aromatic carbocycles. The Balaban J connectivity index is 2.94. The van der Waals surface area contributed by atoms with Crippen LogP contribution in [0.25, 0.3) is 0 Å². The second-order valence-corrected chi connectivity index (χ2v) is 2.86. The molecule has 0 amide bonds. The van der Waals surface area contributed by atoms with Gasteiger partial charge in [-0.25, -0.2) is 15.0 Å². The van der Waals surface area contributed by atoms with Crippen LogP contribution in [0, 0.1) is 6.92 Å². The molecule has 5 heteroatoms. The van der Waals surface area contributed by atoms with Crippen LogP contribution in [0.5, 0.6) is 5.88 Å². The second kappa shape index (κ2) is 4.04. The molecule has 72 valence electrons. The predicted octanol–water partition coefficient (Wildman–Crippen LogP) is 0.682. The van der Waals surface area contributed by atoms with E-state index in [1.807, 2.05) is 26.0 Å². The van der Waals surface area contributed by atoms with Crippen molar-refractivity contribution < 1.29 is 4.74 Å². The molecule has 0 bridgehead atoms. The minimum absolute atomic E-state index is 0.597. The van der Waals surface area contributed by atoms with Crippen LogP contribution in [0.2, 0.25) is 0 Å². The van der Waals surface area contributed by atoms with Gasteiger partial charge < -0.3 is 10.2 Å². The lowest BCUT2D eigenvalue weighted by Gasteiger charge is -2.14. The van der Waals surface area contributed by atoms with E-state index in [1.54, 1.807) is 7.11 Å². The SMILES string of the molecule is COc1ncnc(NN(C)C)c1C. The lowest BCUT2D eigenvalue weighted by molar-refractivity contribution is 0.392. The quantitative estimate of drug-likeness (QED) is 0.697. The van der Waals surface area contributed by atoms with Crippen molar-refractivity contribution in [3.05, 3.63) is 11.9 Å². The summed E-state index contributed by atoms with van der Waals surface area (Å²) in [4.78, 5) is 8.06. The molecule has 0 saturated carbocycles. The summed E-state index contributed by atoms with van der Waals surface area (Å²) in [5.74, 6) is 1.36. The van der Waals surface area contributed by atoms with Crippen molar-refractivity contribution in [1.29, 1.82) is 0 Å². The summed E-state index contributed by atoms with van der Waals surface area (Å²) in [5.41, 5.74) is 3.95. The van der Waals surface area contributed by atoms with Crippen molar-refractivity contribution in [1.82, 2.24) is 15.0 Å². The van der Waals surface area contributed by atoms with Crippen molar-refractivity contribution >= 4 is 5.82 Å². The first kappa shape index (κ1) is 9.73. The number of nitrogens with zero attached hydrogens (tertiary/aromatic N) is 3. The van der Waals surface area contributed by atoms with Crippen LogP contribution in [0.15, 0.2) is 6.33 Å². The molecule has 0 radical (unpaired) electrons. The number of hydrogen-bond acceptors (Lipinski definition) is 5. The number of methoxy groups -OCH3 is 1. The molecule has 1 heterocycles. The van der Waals surface area contributed by atoms with Crippen LogP contribution in [-0.2, 0) is 0 Å². The summed E-state index contributed by atoms with van der Waals surface area (Å²) in [6.07, 6.45) is 1.47. The summed E-state index contributed by atoms with van der Waals surface area (Å²) >= 11 is 0. The van der Waals surface area contributed by atoms with Gasteiger partial charge in [0.05, 0.1) is 12.7 Å².